The first-order chi connectivity index (χ1) is 11.3. The Morgan fingerprint density at radius 2 is 1.58 bits per heavy atom. The molecule has 24 heavy (non-hydrogen) atoms. The molecule has 0 amide bonds. The fourth-order valence-corrected chi connectivity index (χ4v) is 2.88. The van der Waals surface area contributed by atoms with Crippen molar-refractivity contribution in [3.05, 3.63) is 65.9 Å². The van der Waals surface area contributed by atoms with E-state index in [1.165, 1.54) is 11.1 Å². The number of hydrogen-bond donors (Lipinski definition) is 0. The summed E-state index contributed by atoms with van der Waals surface area (Å²) in [5.74, 6) is 1.46. The third-order valence-electron chi connectivity index (χ3n) is 4.09. The van der Waals surface area contributed by atoms with Gasteiger partial charge in [0.05, 0.1) is 19.7 Å². The van der Waals surface area contributed by atoms with Gasteiger partial charge < -0.3 is 9.47 Å². The van der Waals surface area contributed by atoms with Crippen LogP contribution in [-0.4, -0.2) is 19.2 Å². The van der Waals surface area contributed by atoms with Crippen molar-refractivity contribution in [1.82, 2.24) is 4.98 Å². The number of pyridine rings is 1. The predicted octanol–water partition coefficient (Wildman–Crippen LogP) is 4.85. The van der Waals surface area contributed by atoms with Gasteiger partial charge >= 0.3 is 0 Å². The van der Waals surface area contributed by atoms with Crippen molar-refractivity contribution in [3.63, 3.8) is 0 Å². The van der Waals surface area contributed by atoms with E-state index in [0.717, 1.165) is 35.9 Å². The molecule has 1 aromatic heterocycles. The summed E-state index contributed by atoms with van der Waals surface area (Å²) in [6.45, 7) is 0. The molecule has 0 atom stereocenters. The SMILES string of the molecule is COc1cc2nccc(CCCc3ccccc3)c2cc1OC.Cl. The average molecular weight is 344 g/mol. The van der Waals surface area contributed by atoms with Gasteiger partial charge in [-0.05, 0) is 42.5 Å². The molecule has 0 aliphatic carbocycles. The van der Waals surface area contributed by atoms with Crippen LogP contribution >= 0.6 is 12.4 Å². The molecule has 1 heterocycles. The minimum Gasteiger partial charge on any atom is -0.493 e. The first kappa shape index (κ1) is 18.1. The Bertz CT molecular complexity index is 790. The van der Waals surface area contributed by atoms with Crippen LogP contribution in [0, 0.1) is 0 Å². The van der Waals surface area contributed by atoms with Gasteiger partial charge in [0, 0.05) is 17.6 Å². The molecule has 0 aliphatic rings. The van der Waals surface area contributed by atoms with Gasteiger partial charge in [-0.1, -0.05) is 30.3 Å². The van der Waals surface area contributed by atoms with Crippen LogP contribution in [0.25, 0.3) is 10.9 Å². The highest BCUT2D eigenvalue weighted by Crippen LogP contribution is 2.33. The second-order valence-corrected chi connectivity index (χ2v) is 5.53. The van der Waals surface area contributed by atoms with Gasteiger partial charge in [-0.25, -0.2) is 0 Å². The maximum absolute atomic E-state index is 5.42. The first-order valence-electron chi connectivity index (χ1n) is 7.85. The summed E-state index contributed by atoms with van der Waals surface area (Å²) in [4.78, 5) is 4.46. The number of halogens is 1. The zero-order valence-electron chi connectivity index (χ0n) is 14.0. The fraction of sp³-hybridized carbons (Fsp3) is 0.250. The maximum Gasteiger partial charge on any atom is 0.162 e. The highest BCUT2D eigenvalue weighted by Gasteiger charge is 2.09. The summed E-state index contributed by atoms with van der Waals surface area (Å²) in [5, 5.41) is 1.14. The highest BCUT2D eigenvalue weighted by molar-refractivity contribution is 5.86. The third kappa shape index (κ3) is 3.98. The molecule has 3 aromatic rings. The molecule has 3 rings (SSSR count). The number of aryl methyl sites for hydroxylation is 2. The first-order valence-corrected chi connectivity index (χ1v) is 7.85. The van der Waals surface area contributed by atoms with E-state index in [4.69, 9.17) is 9.47 Å². The van der Waals surface area contributed by atoms with E-state index in [0.29, 0.717) is 5.75 Å². The molecular formula is C20H22ClNO2. The lowest BCUT2D eigenvalue weighted by atomic mass is 10.0. The van der Waals surface area contributed by atoms with Crippen LogP contribution in [0.1, 0.15) is 17.5 Å². The van der Waals surface area contributed by atoms with Gasteiger partial charge in [-0.15, -0.1) is 12.4 Å². The number of rotatable bonds is 6. The molecule has 0 N–H and O–H groups in total. The lowest BCUT2D eigenvalue weighted by Gasteiger charge is -2.11. The molecule has 0 aliphatic heterocycles. The number of hydrogen-bond acceptors (Lipinski definition) is 3. The molecule has 0 bridgehead atoms. The van der Waals surface area contributed by atoms with E-state index in [-0.39, 0.29) is 12.4 Å². The van der Waals surface area contributed by atoms with E-state index in [2.05, 4.69) is 41.4 Å². The van der Waals surface area contributed by atoms with E-state index >= 15 is 0 Å². The van der Waals surface area contributed by atoms with Crippen molar-refractivity contribution < 1.29 is 9.47 Å². The number of nitrogens with zero attached hydrogens (tertiary/aromatic N) is 1. The van der Waals surface area contributed by atoms with Crippen molar-refractivity contribution in [2.75, 3.05) is 14.2 Å². The second-order valence-electron chi connectivity index (χ2n) is 5.53. The molecule has 0 radical (unpaired) electrons. The third-order valence-corrected chi connectivity index (χ3v) is 4.09. The monoisotopic (exact) mass is 343 g/mol. The summed E-state index contributed by atoms with van der Waals surface area (Å²) in [6.07, 6.45) is 5.07. The van der Waals surface area contributed by atoms with E-state index in [1.807, 2.05) is 18.3 Å². The van der Waals surface area contributed by atoms with Crippen molar-refractivity contribution in [1.29, 1.82) is 0 Å². The van der Waals surface area contributed by atoms with Crippen LogP contribution in [0.5, 0.6) is 11.5 Å². The molecule has 0 spiro atoms. The summed E-state index contributed by atoms with van der Waals surface area (Å²) in [6, 6.07) is 16.7. The number of benzene rings is 2. The van der Waals surface area contributed by atoms with E-state index in [1.54, 1.807) is 14.2 Å². The lowest BCUT2D eigenvalue weighted by Crippen LogP contribution is -1.95. The lowest BCUT2D eigenvalue weighted by molar-refractivity contribution is 0.355. The van der Waals surface area contributed by atoms with Gasteiger partial charge in [0.2, 0.25) is 0 Å². The van der Waals surface area contributed by atoms with Crippen LogP contribution in [-0.2, 0) is 12.8 Å². The van der Waals surface area contributed by atoms with Gasteiger partial charge in [0.1, 0.15) is 0 Å². The average Bonchev–Trinajstić information content (AvgIpc) is 2.61. The molecular weight excluding hydrogens is 322 g/mol. The normalized spacial score (nSPS) is 10.2. The predicted molar refractivity (Wildman–Crippen MR) is 101 cm³/mol. The van der Waals surface area contributed by atoms with Gasteiger partial charge in [0.15, 0.2) is 11.5 Å². The Morgan fingerprint density at radius 3 is 2.29 bits per heavy atom. The van der Waals surface area contributed by atoms with Crippen LogP contribution in [0.3, 0.4) is 0 Å². The smallest absolute Gasteiger partial charge is 0.162 e. The Morgan fingerprint density at radius 1 is 0.875 bits per heavy atom. The van der Waals surface area contributed by atoms with E-state index in [9.17, 15) is 0 Å². The Balaban J connectivity index is 0.00000208. The largest absolute Gasteiger partial charge is 0.493 e. The van der Waals surface area contributed by atoms with Crippen LogP contribution in [0.2, 0.25) is 0 Å². The molecule has 3 nitrogen and oxygen atoms in total. The van der Waals surface area contributed by atoms with Gasteiger partial charge in [-0.2, -0.15) is 0 Å². The van der Waals surface area contributed by atoms with E-state index < -0.39 is 0 Å². The number of ether oxygens (including phenoxy) is 2. The molecule has 0 saturated carbocycles. The Kier molecular flexibility index (Phi) is 6.44. The zero-order chi connectivity index (χ0) is 16.1. The Hall–Kier alpha value is -2.26. The summed E-state index contributed by atoms with van der Waals surface area (Å²) < 4.78 is 10.8. The molecule has 0 fully saturated rings. The standard InChI is InChI=1S/C20H21NO2.ClH/c1-22-19-13-17-16(10-6-9-15-7-4-3-5-8-15)11-12-21-18(17)14-20(19)23-2;/h3-5,7-8,11-14H,6,9-10H2,1-2H3;1H. The zero-order valence-corrected chi connectivity index (χ0v) is 14.8. The number of aromatic nitrogens is 1. The van der Waals surface area contributed by atoms with Gasteiger partial charge in [0.25, 0.3) is 0 Å². The van der Waals surface area contributed by atoms with Crippen molar-refractivity contribution in [2.24, 2.45) is 0 Å². The second kappa shape index (κ2) is 8.55. The van der Waals surface area contributed by atoms with Crippen LogP contribution in [0.4, 0.5) is 0 Å². The minimum absolute atomic E-state index is 0. The van der Waals surface area contributed by atoms with Crippen molar-refractivity contribution in [3.8, 4) is 11.5 Å². The molecule has 4 heteroatoms. The summed E-state index contributed by atoms with van der Waals surface area (Å²) >= 11 is 0. The maximum atomic E-state index is 5.42. The molecule has 0 saturated heterocycles. The Labute approximate surface area is 149 Å². The van der Waals surface area contributed by atoms with Crippen molar-refractivity contribution in [2.45, 2.75) is 19.3 Å². The summed E-state index contributed by atoms with van der Waals surface area (Å²) in [7, 11) is 3.31. The minimum atomic E-state index is 0. The highest BCUT2D eigenvalue weighted by atomic mass is 35.5. The number of methoxy groups -OCH3 is 2. The van der Waals surface area contributed by atoms with Crippen LogP contribution < -0.4 is 9.47 Å². The number of fused-ring (bicyclic) bond motifs is 1. The quantitative estimate of drug-likeness (QED) is 0.641. The van der Waals surface area contributed by atoms with Crippen molar-refractivity contribution >= 4 is 23.3 Å². The molecule has 126 valence electrons. The summed E-state index contributed by atoms with van der Waals surface area (Å²) in [5.41, 5.74) is 3.62. The molecule has 2 aromatic carbocycles. The molecule has 0 unspecified atom stereocenters. The van der Waals surface area contributed by atoms with Gasteiger partial charge in [-0.3, -0.25) is 4.98 Å². The fourth-order valence-electron chi connectivity index (χ4n) is 2.88. The van der Waals surface area contributed by atoms with Crippen LogP contribution in [0.15, 0.2) is 54.7 Å². The topological polar surface area (TPSA) is 31.4 Å².